The minimum atomic E-state index is -1.20. The molecule has 0 radical (unpaired) electrons. The van der Waals surface area contributed by atoms with Gasteiger partial charge in [0.05, 0.1) is 12.9 Å². The van der Waals surface area contributed by atoms with Crippen molar-refractivity contribution in [2.45, 2.75) is 57.2 Å². The lowest BCUT2D eigenvalue weighted by molar-refractivity contribution is 0.150. The molecule has 3 heteroatoms. The maximum atomic E-state index is 14.6. The van der Waals surface area contributed by atoms with Crippen molar-refractivity contribution in [2.24, 2.45) is 0 Å². The van der Waals surface area contributed by atoms with Gasteiger partial charge in [-0.3, -0.25) is 0 Å². The van der Waals surface area contributed by atoms with Gasteiger partial charge in [0.15, 0.2) is 0 Å². The second-order valence-electron chi connectivity index (χ2n) is 5.17. The summed E-state index contributed by atoms with van der Waals surface area (Å²) in [5.74, 6) is 0. The summed E-state index contributed by atoms with van der Waals surface area (Å²) in [4.78, 5) is 0. The van der Waals surface area contributed by atoms with E-state index in [1.807, 2.05) is 0 Å². The summed E-state index contributed by atoms with van der Waals surface area (Å²) in [5, 5.41) is 3.41. The van der Waals surface area contributed by atoms with Gasteiger partial charge in [-0.05, 0) is 39.2 Å². The summed E-state index contributed by atoms with van der Waals surface area (Å²) in [6, 6.07) is 0.339. The van der Waals surface area contributed by atoms with E-state index in [1.165, 1.54) is 12.8 Å². The van der Waals surface area contributed by atoms with Crippen LogP contribution in [0.5, 0.6) is 0 Å². The lowest BCUT2D eigenvalue weighted by Crippen LogP contribution is -2.40. The minimum Gasteiger partial charge on any atom is -0.501 e. The number of ether oxygens (including phenoxy) is 1. The average Bonchev–Trinajstić information content (AvgIpc) is 2.31. The van der Waals surface area contributed by atoms with Gasteiger partial charge < -0.3 is 10.1 Å². The highest BCUT2D eigenvalue weighted by atomic mass is 19.1. The van der Waals surface area contributed by atoms with E-state index in [1.54, 1.807) is 13.2 Å². The summed E-state index contributed by atoms with van der Waals surface area (Å²) in [7, 11) is 0. The van der Waals surface area contributed by atoms with E-state index >= 15 is 0 Å². The largest absolute Gasteiger partial charge is 0.501 e. The predicted molar refractivity (Wildman–Crippen MR) is 63.0 cm³/mol. The molecule has 0 amide bonds. The Hall–Kier alpha value is -0.570. The molecule has 0 aromatic carbocycles. The Bertz CT molecular complexity index is 257. The van der Waals surface area contributed by atoms with Crippen LogP contribution < -0.4 is 5.32 Å². The van der Waals surface area contributed by atoms with Crippen LogP contribution in [0.2, 0.25) is 0 Å². The van der Waals surface area contributed by atoms with Crippen molar-refractivity contribution in [2.75, 3.05) is 13.2 Å². The quantitative estimate of drug-likeness (QED) is 0.800. The third-order valence-corrected chi connectivity index (χ3v) is 3.65. The molecule has 0 spiro atoms. The first-order chi connectivity index (χ1) is 7.68. The molecule has 2 aliphatic heterocycles. The summed E-state index contributed by atoms with van der Waals surface area (Å²) < 4.78 is 19.8. The van der Waals surface area contributed by atoms with Crippen LogP contribution in [0.3, 0.4) is 0 Å². The molecule has 16 heavy (non-hydrogen) atoms. The maximum absolute atomic E-state index is 14.6. The van der Waals surface area contributed by atoms with Gasteiger partial charge >= 0.3 is 0 Å². The van der Waals surface area contributed by atoms with Crippen LogP contribution >= 0.6 is 0 Å². The Labute approximate surface area is 97.2 Å². The van der Waals surface area contributed by atoms with Crippen LogP contribution in [-0.2, 0) is 4.74 Å². The number of alkyl halides is 1. The average molecular weight is 227 g/mol. The van der Waals surface area contributed by atoms with Gasteiger partial charge in [0.2, 0.25) is 0 Å². The lowest BCUT2D eigenvalue weighted by atomic mass is 9.85. The Balaban J connectivity index is 1.92. The molecule has 1 fully saturated rings. The number of hydrogen-bond donors (Lipinski definition) is 1. The number of hydrogen-bond acceptors (Lipinski definition) is 2. The first-order valence-electron chi connectivity index (χ1n) is 6.42. The molecule has 1 N–H and O–H groups in total. The highest BCUT2D eigenvalue weighted by Gasteiger charge is 2.33. The number of allylic oxidation sites excluding steroid dienone is 1. The molecule has 2 rings (SSSR count). The molecule has 1 saturated heterocycles. The molecular formula is C13H22FNO. The van der Waals surface area contributed by atoms with Crippen LogP contribution in [0.4, 0.5) is 4.39 Å². The molecule has 2 heterocycles. The van der Waals surface area contributed by atoms with E-state index in [0.717, 1.165) is 38.0 Å². The lowest BCUT2D eigenvalue weighted by Gasteiger charge is -2.32. The van der Waals surface area contributed by atoms with Gasteiger partial charge in [-0.1, -0.05) is 6.42 Å². The first kappa shape index (κ1) is 11.9. The second kappa shape index (κ2) is 5.17. The summed E-state index contributed by atoms with van der Waals surface area (Å²) in [6.45, 7) is 3.47. The van der Waals surface area contributed by atoms with E-state index in [0.29, 0.717) is 12.5 Å². The van der Waals surface area contributed by atoms with Gasteiger partial charge in [-0.2, -0.15) is 0 Å². The predicted octanol–water partition coefficient (Wildman–Crippen LogP) is 2.94. The van der Waals surface area contributed by atoms with Gasteiger partial charge in [0, 0.05) is 18.0 Å². The molecule has 0 aliphatic carbocycles. The van der Waals surface area contributed by atoms with Crippen molar-refractivity contribution in [1.82, 2.24) is 5.32 Å². The van der Waals surface area contributed by atoms with Crippen molar-refractivity contribution in [1.29, 1.82) is 0 Å². The van der Waals surface area contributed by atoms with Crippen LogP contribution in [0.1, 0.15) is 45.4 Å². The van der Waals surface area contributed by atoms with Gasteiger partial charge in [-0.15, -0.1) is 0 Å². The highest BCUT2D eigenvalue weighted by Crippen LogP contribution is 2.33. The van der Waals surface area contributed by atoms with E-state index in [9.17, 15) is 4.39 Å². The van der Waals surface area contributed by atoms with Crippen molar-refractivity contribution >= 4 is 0 Å². The summed E-state index contributed by atoms with van der Waals surface area (Å²) in [6.07, 6.45) is 7.58. The van der Waals surface area contributed by atoms with Crippen LogP contribution in [-0.4, -0.2) is 24.9 Å². The molecule has 92 valence electrons. The molecule has 0 aromatic rings. The van der Waals surface area contributed by atoms with Gasteiger partial charge in [0.1, 0.15) is 5.67 Å². The Kier molecular flexibility index (Phi) is 3.85. The number of halogens is 1. The van der Waals surface area contributed by atoms with Crippen molar-refractivity contribution in [3.8, 4) is 0 Å². The number of piperidine rings is 1. The highest BCUT2D eigenvalue weighted by molar-refractivity contribution is 5.15. The molecule has 0 aromatic heterocycles. The van der Waals surface area contributed by atoms with Crippen molar-refractivity contribution < 1.29 is 9.13 Å². The Morgan fingerprint density at radius 3 is 3.00 bits per heavy atom. The first-order valence-corrected chi connectivity index (χ1v) is 6.42. The fraction of sp³-hybridized carbons (Fsp3) is 0.846. The Morgan fingerprint density at radius 2 is 2.38 bits per heavy atom. The zero-order valence-electron chi connectivity index (χ0n) is 10.1. The van der Waals surface area contributed by atoms with Crippen molar-refractivity contribution in [3.63, 3.8) is 0 Å². The number of rotatable bonds is 3. The third kappa shape index (κ3) is 2.97. The van der Waals surface area contributed by atoms with Crippen LogP contribution in [0.15, 0.2) is 11.8 Å². The smallest absolute Gasteiger partial charge is 0.134 e. The molecule has 0 saturated carbocycles. The normalized spacial score (nSPS) is 30.1. The minimum absolute atomic E-state index is 0.339. The standard InChI is InChI=1S/C13H22FNO/c1-13(14,11-5-4-8-16-10-11)9-12-6-2-3-7-15-12/h10,12,15H,2-9H2,1H3. The topological polar surface area (TPSA) is 21.3 Å². The molecule has 2 atom stereocenters. The fourth-order valence-electron chi connectivity index (χ4n) is 2.64. The molecular weight excluding hydrogens is 205 g/mol. The SMILES string of the molecule is CC(F)(CC1CCCCN1)C1=COCCC1. The summed E-state index contributed by atoms with van der Waals surface area (Å²) >= 11 is 0. The molecule has 0 bridgehead atoms. The summed E-state index contributed by atoms with van der Waals surface area (Å²) in [5.41, 5.74) is -0.360. The fourth-order valence-corrected chi connectivity index (χ4v) is 2.64. The van der Waals surface area contributed by atoms with Gasteiger partial charge in [-0.25, -0.2) is 4.39 Å². The maximum Gasteiger partial charge on any atom is 0.134 e. The molecule has 2 nitrogen and oxygen atoms in total. The zero-order valence-corrected chi connectivity index (χ0v) is 10.1. The number of nitrogens with one attached hydrogen (secondary N) is 1. The van der Waals surface area contributed by atoms with Crippen molar-refractivity contribution in [3.05, 3.63) is 11.8 Å². The van der Waals surface area contributed by atoms with E-state index in [2.05, 4.69) is 5.32 Å². The van der Waals surface area contributed by atoms with Gasteiger partial charge in [0.25, 0.3) is 0 Å². The molecule has 2 unspecified atom stereocenters. The van der Waals surface area contributed by atoms with E-state index in [4.69, 9.17) is 4.74 Å². The van der Waals surface area contributed by atoms with Crippen LogP contribution in [0.25, 0.3) is 0 Å². The monoisotopic (exact) mass is 227 g/mol. The van der Waals surface area contributed by atoms with E-state index in [-0.39, 0.29) is 0 Å². The zero-order chi connectivity index (χ0) is 11.4. The third-order valence-electron chi connectivity index (χ3n) is 3.65. The molecule has 2 aliphatic rings. The second-order valence-corrected chi connectivity index (χ2v) is 5.17. The van der Waals surface area contributed by atoms with E-state index < -0.39 is 5.67 Å². The Morgan fingerprint density at radius 1 is 1.50 bits per heavy atom. The van der Waals surface area contributed by atoms with Crippen LogP contribution in [0, 0.1) is 0 Å².